The van der Waals surface area contributed by atoms with Crippen LogP contribution in [0, 0.1) is 0 Å². The van der Waals surface area contributed by atoms with Crippen LogP contribution in [0.1, 0.15) is 19.0 Å². The van der Waals surface area contributed by atoms with E-state index in [0.29, 0.717) is 12.5 Å². The van der Waals surface area contributed by atoms with Gasteiger partial charge in [-0.3, -0.25) is 4.79 Å². The number of piperazine rings is 1. The molecule has 4 heteroatoms. The van der Waals surface area contributed by atoms with Crippen molar-refractivity contribution in [1.29, 1.82) is 0 Å². The number of aryl methyl sites for hydroxylation is 1. The van der Waals surface area contributed by atoms with Crippen LogP contribution in [-0.2, 0) is 11.2 Å². The van der Waals surface area contributed by atoms with Crippen molar-refractivity contribution in [2.45, 2.75) is 25.8 Å². The zero-order chi connectivity index (χ0) is 11.4. The summed E-state index contributed by atoms with van der Waals surface area (Å²) in [5.41, 5.74) is 1.14. The maximum Gasteiger partial charge on any atom is 0.223 e. The highest BCUT2D eigenvalue weighted by molar-refractivity contribution is 5.76. The number of H-pyrrole nitrogens is 1. The van der Waals surface area contributed by atoms with Gasteiger partial charge in [-0.25, -0.2) is 0 Å². The Morgan fingerprint density at radius 1 is 1.62 bits per heavy atom. The lowest BCUT2D eigenvalue weighted by molar-refractivity contribution is -0.133. The van der Waals surface area contributed by atoms with Crippen LogP contribution >= 0.6 is 0 Å². The molecule has 1 atom stereocenters. The van der Waals surface area contributed by atoms with Crippen LogP contribution in [0.5, 0.6) is 0 Å². The Bertz CT molecular complexity index is 334. The Morgan fingerprint density at radius 2 is 2.50 bits per heavy atom. The second-order valence-electron chi connectivity index (χ2n) is 4.34. The summed E-state index contributed by atoms with van der Waals surface area (Å²) in [5.74, 6) is 0.267. The predicted molar refractivity (Wildman–Crippen MR) is 63.2 cm³/mol. The van der Waals surface area contributed by atoms with Gasteiger partial charge in [-0.05, 0) is 25.5 Å². The molecule has 1 aromatic heterocycles. The van der Waals surface area contributed by atoms with Gasteiger partial charge in [-0.2, -0.15) is 0 Å². The van der Waals surface area contributed by atoms with Crippen LogP contribution in [0.3, 0.4) is 0 Å². The highest BCUT2D eigenvalue weighted by Crippen LogP contribution is 2.07. The van der Waals surface area contributed by atoms with Crippen molar-refractivity contribution >= 4 is 5.91 Å². The monoisotopic (exact) mass is 221 g/mol. The molecule has 1 unspecified atom stereocenters. The Hall–Kier alpha value is -1.29. The minimum Gasteiger partial charge on any atom is -0.365 e. The van der Waals surface area contributed by atoms with Crippen molar-refractivity contribution in [3.63, 3.8) is 0 Å². The minimum absolute atomic E-state index is 0.267. The molecule has 1 aliphatic heterocycles. The molecule has 1 aromatic rings. The Morgan fingerprint density at radius 3 is 3.19 bits per heavy atom. The van der Waals surface area contributed by atoms with Crippen LogP contribution < -0.4 is 5.32 Å². The summed E-state index contributed by atoms with van der Waals surface area (Å²) in [5, 5.41) is 3.29. The third kappa shape index (κ3) is 2.64. The number of hydrogen-bond donors (Lipinski definition) is 2. The number of aromatic amines is 1. The molecule has 88 valence electrons. The lowest BCUT2D eigenvalue weighted by Crippen LogP contribution is -2.52. The predicted octanol–water partition coefficient (Wildman–Crippen LogP) is 0.768. The normalized spacial score (nSPS) is 21.1. The Balaban J connectivity index is 1.83. The summed E-state index contributed by atoms with van der Waals surface area (Å²) in [7, 11) is 0. The lowest BCUT2D eigenvalue weighted by atomic mass is 10.1. The molecule has 1 aliphatic rings. The SMILES string of the molecule is CC1CNCCN1C(=O)CCc1ccc[nH]1. The number of aromatic nitrogens is 1. The standard InChI is InChI=1S/C12H19N3O/c1-10-9-13-7-8-15(10)12(16)5-4-11-3-2-6-14-11/h2-3,6,10,13-14H,4-5,7-9H2,1H3. The molecule has 16 heavy (non-hydrogen) atoms. The first kappa shape index (κ1) is 11.2. The number of rotatable bonds is 3. The molecule has 1 fully saturated rings. The molecule has 0 saturated carbocycles. The van der Waals surface area contributed by atoms with Crippen LogP contribution in [0.2, 0.25) is 0 Å². The largest absolute Gasteiger partial charge is 0.365 e. The fourth-order valence-electron chi connectivity index (χ4n) is 2.12. The van der Waals surface area contributed by atoms with E-state index in [2.05, 4.69) is 17.2 Å². The fraction of sp³-hybridized carbons (Fsp3) is 0.583. The van der Waals surface area contributed by atoms with Crippen molar-refractivity contribution < 1.29 is 4.79 Å². The van der Waals surface area contributed by atoms with Crippen molar-refractivity contribution in [3.8, 4) is 0 Å². The molecular formula is C12H19N3O. The second kappa shape index (κ2) is 5.16. The summed E-state index contributed by atoms with van der Waals surface area (Å²) >= 11 is 0. The van der Waals surface area contributed by atoms with Gasteiger partial charge in [-0.1, -0.05) is 0 Å². The molecule has 4 nitrogen and oxygen atoms in total. The van der Waals surface area contributed by atoms with Crippen LogP contribution in [0.4, 0.5) is 0 Å². The summed E-state index contributed by atoms with van der Waals surface area (Å²) in [4.78, 5) is 17.1. The van der Waals surface area contributed by atoms with Gasteiger partial charge in [0.25, 0.3) is 0 Å². The lowest BCUT2D eigenvalue weighted by Gasteiger charge is -2.34. The summed E-state index contributed by atoms with van der Waals surface area (Å²) in [6.07, 6.45) is 3.31. The van der Waals surface area contributed by atoms with E-state index in [9.17, 15) is 4.79 Å². The van der Waals surface area contributed by atoms with Gasteiger partial charge in [0.15, 0.2) is 0 Å². The zero-order valence-electron chi connectivity index (χ0n) is 9.70. The molecule has 0 bridgehead atoms. The maximum atomic E-state index is 12.0. The van der Waals surface area contributed by atoms with Gasteiger partial charge in [-0.15, -0.1) is 0 Å². The Kier molecular flexibility index (Phi) is 3.62. The van der Waals surface area contributed by atoms with E-state index in [1.54, 1.807) is 0 Å². The highest BCUT2D eigenvalue weighted by Gasteiger charge is 2.22. The summed E-state index contributed by atoms with van der Waals surface area (Å²) in [6, 6.07) is 4.31. The smallest absolute Gasteiger partial charge is 0.223 e. The highest BCUT2D eigenvalue weighted by atomic mass is 16.2. The van der Waals surface area contributed by atoms with Crippen LogP contribution in [0.15, 0.2) is 18.3 Å². The number of hydrogen-bond acceptors (Lipinski definition) is 2. The first-order valence-electron chi connectivity index (χ1n) is 5.90. The van der Waals surface area contributed by atoms with E-state index in [1.807, 2.05) is 23.2 Å². The number of nitrogens with one attached hydrogen (secondary N) is 2. The maximum absolute atomic E-state index is 12.0. The molecule has 2 heterocycles. The van der Waals surface area contributed by atoms with Crippen molar-refractivity contribution in [2.24, 2.45) is 0 Å². The van der Waals surface area contributed by atoms with Gasteiger partial charge in [0.05, 0.1) is 0 Å². The molecule has 0 spiro atoms. The van der Waals surface area contributed by atoms with Crippen molar-refractivity contribution in [2.75, 3.05) is 19.6 Å². The third-order valence-corrected chi connectivity index (χ3v) is 3.09. The summed E-state index contributed by atoms with van der Waals surface area (Å²) in [6.45, 7) is 4.76. The van der Waals surface area contributed by atoms with Crippen molar-refractivity contribution in [1.82, 2.24) is 15.2 Å². The first-order chi connectivity index (χ1) is 7.77. The Labute approximate surface area is 96.0 Å². The molecule has 0 aliphatic carbocycles. The molecule has 0 radical (unpaired) electrons. The number of nitrogens with zero attached hydrogens (tertiary/aromatic N) is 1. The van der Waals surface area contributed by atoms with E-state index in [1.165, 1.54) is 0 Å². The molecule has 2 rings (SSSR count). The average molecular weight is 221 g/mol. The number of amides is 1. The number of carbonyl (C=O) groups excluding carboxylic acids is 1. The van der Waals surface area contributed by atoms with E-state index < -0.39 is 0 Å². The quantitative estimate of drug-likeness (QED) is 0.792. The molecular weight excluding hydrogens is 202 g/mol. The first-order valence-corrected chi connectivity index (χ1v) is 5.90. The molecule has 1 saturated heterocycles. The van der Waals surface area contributed by atoms with E-state index in [0.717, 1.165) is 31.7 Å². The number of carbonyl (C=O) groups is 1. The topological polar surface area (TPSA) is 48.1 Å². The van der Waals surface area contributed by atoms with Gasteiger partial charge < -0.3 is 15.2 Å². The average Bonchev–Trinajstić information content (AvgIpc) is 2.79. The molecule has 1 amide bonds. The van der Waals surface area contributed by atoms with Crippen molar-refractivity contribution in [3.05, 3.63) is 24.0 Å². The molecule has 2 N–H and O–H groups in total. The van der Waals surface area contributed by atoms with E-state index >= 15 is 0 Å². The van der Waals surface area contributed by atoms with Gasteiger partial charge in [0.2, 0.25) is 5.91 Å². The minimum atomic E-state index is 0.267. The van der Waals surface area contributed by atoms with Crippen LogP contribution in [0.25, 0.3) is 0 Å². The second-order valence-corrected chi connectivity index (χ2v) is 4.34. The van der Waals surface area contributed by atoms with E-state index in [-0.39, 0.29) is 5.91 Å². The van der Waals surface area contributed by atoms with Crippen LogP contribution in [-0.4, -0.2) is 41.5 Å². The van der Waals surface area contributed by atoms with Gasteiger partial charge in [0, 0.05) is 44.0 Å². The van der Waals surface area contributed by atoms with E-state index in [4.69, 9.17) is 0 Å². The zero-order valence-corrected chi connectivity index (χ0v) is 9.70. The third-order valence-electron chi connectivity index (χ3n) is 3.09. The molecule has 0 aromatic carbocycles. The van der Waals surface area contributed by atoms with Gasteiger partial charge in [0.1, 0.15) is 0 Å². The fourth-order valence-corrected chi connectivity index (χ4v) is 2.12. The summed E-state index contributed by atoms with van der Waals surface area (Å²) < 4.78 is 0. The van der Waals surface area contributed by atoms with Gasteiger partial charge >= 0.3 is 0 Å².